The highest BCUT2D eigenvalue weighted by molar-refractivity contribution is 7.92. The van der Waals surface area contributed by atoms with Crippen LogP contribution in [-0.2, 0) is 24.7 Å². The van der Waals surface area contributed by atoms with Gasteiger partial charge in [0.2, 0.25) is 0 Å². The number of aromatic nitrogens is 2. The van der Waals surface area contributed by atoms with Crippen molar-refractivity contribution in [3.8, 4) is 5.75 Å². The van der Waals surface area contributed by atoms with Crippen LogP contribution in [0.15, 0.2) is 52.3 Å². The maximum Gasteiger partial charge on any atom is 0.341 e. The Morgan fingerprint density at radius 1 is 1.06 bits per heavy atom. The second-order valence-electron chi connectivity index (χ2n) is 7.26. The van der Waals surface area contributed by atoms with Gasteiger partial charge in [0.25, 0.3) is 5.91 Å². The van der Waals surface area contributed by atoms with Crippen molar-refractivity contribution in [3.63, 3.8) is 0 Å². The third-order valence-electron chi connectivity index (χ3n) is 4.97. The third-order valence-corrected chi connectivity index (χ3v) is 8.92. The summed E-state index contributed by atoms with van der Waals surface area (Å²) in [7, 11) is -8.38. The van der Waals surface area contributed by atoms with Gasteiger partial charge in [-0.15, -0.1) is 0 Å². The fraction of sp³-hybridized carbons (Fsp3) is 0.350. The van der Waals surface area contributed by atoms with E-state index in [4.69, 9.17) is 9.39 Å². The predicted molar refractivity (Wildman–Crippen MR) is 121 cm³/mol. The van der Waals surface area contributed by atoms with Crippen molar-refractivity contribution >= 4 is 48.6 Å². The van der Waals surface area contributed by atoms with Crippen molar-refractivity contribution in [2.24, 2.45) is 0 Å². The average molecular weight is 514 g/mol. The molecule has 1 unspecified atom stereocenters. The number of sulfone groups is 1. The van der Waals surface area contributed by atoms with Gasteiger partial charge in [0, 0.05) is 0 Å². The Morgan fingerprint density at radius 3 is 2.45 bits per heavy atom. The number of hydrogen-bond acceptors (Lipinski definition) is 10. The molecule has 0 aliphatic carbocycles. The Morgan fingerprint density at radius 2 is 1.79 bits per heavy atom. The Kier molecular flexibility index (Phi) is 8.00. The number of carbonyl (C=O) groups excluding carboxylic acids is 1. The smallest absolute Gasteiger partial charge is 0.341 e. The number of hydrogen-bond donors (Lipinski definition) is 2. The zero-order chi connectivity index (χ0) is 24.1. The molecule has 0 fully saturated rings. The minimum atomic E-state index is -4.25. The maximum absolute atomic E-state index is 13.0. The van der Waals surface area contributed by atoms with Crippen LogP contribution in [-0.4, -0.2) is 41.9 Å². The minimum Gasteiger partial charge on any atom is -0.379 e. The maximum atomic E-state index is 13.0. The first-order valence-electron chi connectivity index (χ1n) is 10.1. The number of nitrogens with one attached hydrogen (secondary N) is 1. The Hall–Kier alpha value is -2.61. The zero-order valence-electron chi connectivity index (χ0n) is 17.7. The number of hydroxylamine groups is 1. The molecule has 3 aromatic rings. The standard InChI is InChI=1S/C20H23N3O7S3/c1-2-3-4-5-8-18(20(24)21-25)32(26,27)15-12-10-14(11-13-15)30-33(28,29)17-9-6-7-16-19(17)23-31-22-16/h6-7,9-13,18,25H,2-5,8H2,1H3,(H,21,24). The minimum absolute atomic E-state index is 0.0487. The van der Waals surface area contributed by atoms with Crippen LogP contribution in [0, 0.1) is 0 Å². The quantitative estimate of drug-likeness (QED) is 0.170. The van der Waals surface area contributed by atoms with Gasteiger partial charge in [0.05, 0.1) is 16.6 Å². The molecule has 1 aromatic heterocycles. The van der Waals surface area contributed by atoms with Crippen molar-refractivity contribution < 1.29 is 31.0 Å². The molecule has 0 saturated heterocycles. The van der Waals surface area contributed by atoms with Crippen LogP contribution in [0.5, 0.6) is 5.75 Å². The van der Waals surface area contributed by atoms with E-state index >= 15 is 0 Å². The predicted octanol–water partition coefficient (Wildman–Crippen LogP) is 3.08. The largest absolute Gasteiger partial charge is 0.379 e. The summed E-state index contributed by atoms with van der Waals surface area (Å²) in [5, 5.41) is 7.53. The zero-order valence-corrected chi connectivity index (χ0v) is 20.1. The number of unbranched alkanes of at least 4 members (excludes halogenated alkanes) is 3. The molecule has 0 aliphatic rings. The molecule has 0 bridgehead atoms. The average Bonchev–Trinajstić information content (AvgIpc) is 3.27. The summed E-state index contributed by atoms with van der Waals surface area (Å²) in [5.41, 5.74) is 2.02. The van der Waals surface area contributed by atoms with E-state index in [1.54, 1.807) is 6.07 Å². The van der Waals surface area contributed by atoms with E-state index in [1.165, 1.54) is 29.7 Å². The number of benzene rings is 2. The fourth-order valence-electron chi connectivity index (χ4n) is 3.26. The number of fused-ring (bicyclic) bond motifs is 1. The van der Waals surface area contributed by atoms with Gasteiger partial charge < -0.3 is 4.18 Å². The molecule has 1 amide bonds. The number of rotatable bonds is 11. The summed E-state index contributed by atoms with van der Waals surface area (Å²) in [6.07, 6.45) is 3.15. The molecule has 1 atom stereocenters. The van der Waals surface area contributed by atoms with E-state index in [2.05, 4.69) is 8.75 Å². The van der Waals surface area contributed by atoms with Gasteiger partial charge in [-0.05, 0) is 42.8 Å². The lowest BCUT2D eigenvalue weighted by atomic mass is 10.1. The summed E-state index contributed by atoms with van der Waals surface area (Å²) in [6, 6.07) is 9.18. The highest BCUT2D eigenvalue weighted by Crippen LogP contribution is 2.27. The molecular weight excluding hydrogens is 490 g/mol. The molecule has 0 spiro atoms. The molecule has 2 N–H and O–H groups in total. The molecule has 178 valence electrons. The number of amides is 1. The summed E-state index contributed by atoms with van der Waals surface area (Å²) < 4.78 is 64.5. The highest BCUT2D eigenvalue weighted by atomic mass is 32.2. The van der Waals surface area contributed by atoms with E-state index in [0.717, 1.165) is 43.1 Å². The van der Waals surface area contributed by atoms with E-state index in [-0.39, 0.29) is 27.5 Å². The monoisotopic (exact) mass is 513 g/mol. The SMILES string of the molecule is CCCCCCC(C(=O)NO)S(=O)(=O)c1ccc(OS(=O)(=O)c2cccc3nsnc23)cc1. The van der Waals surface area contributed by atoms with Crippen LogP contribution in [0.2, 0.25) is 0 Å². The van der Waals surface area contributed by atoms with Gasteiger partial charge in [-0.25, -0.2) is 13.9 Å². The normalized spacial score (nSPS) is 13.0. The Labute approximate surface area is 195 Å². The van der Waals surface area contributed by atoms with Gasteiger partial charge in [-0.3, -0.25) is 10.0 Å². The molecule has 3 rings (SSSR count). The highest BCUT2D eigenvalue weighted by Gasteiger charge is 2.33. The summed E-state index contributed by atoms with van der Waals surface area (Å²) >= 11 is 0.872. The first-order valence-corrected chi connectivity index (χ1v) is 13.8. The van der Waals surface area contributed by atoms with Gasteiger partial charge in [0.1, 0.15) is 26.9 Å². The number of nitrogens with zero attached hydrogens (tertiary/aromatic N) is 2. The van der Waals surface area contributed by atoms with E-state index in [0.29, 0.717) is 11.9 Å². The van der Waals surface area contributed by atoms with Crippen molar-refractivity contribution in [1.29, 1.82) is 0 Å². The van der Waals surface area contributed by atoms with Crippen molar-refractivity contribution in [2.75, 3.05) is 0 Å². The van der Waals surface area contributed by atoms with E-state index in [1.807, 2.05) is 6.92 Å². The molecule has 10 nitrogen and oxygen atoms in total. The van der Waals surface area contributed by atoms with Crippen LogP contribution in [0.25, 0.3) is 11.0 Å². The Bertz CT molecular complexity index is 1320. The molecule has 13 heteroatoms. The third kappa shape index (κ3) is 5.66. The lowest BCUT2D eigenvalue weighted by molar-refractivity contribution is -0.128. The van der Waals surface area contributed by atoms with Gasteiger partial charge >= 0.3 is 10.1 Å². The molecule has 2 aromatic carbocycles. The van der Waals surface area contributed by atoms with Crippen molar-refractivity contribution in [2.45, 2.75) is 54.1 Å². The van der Waals surface area contributed by atoms with Crippen LogP contribution < -0.4 is 9.66 Å². The van der Waals surface area contributed by atoms with Crippen molar-refractivity contribution in [3.05, 3.63) is 42.5 Å². The molecule has 0 saturated carbocycles. The van der Waals surface area contributed by atoms with Gasteiger partial charge in [-0.1, -0.05) is 38.7 Å². The van der Waals surface area contributed by atoms with Crippen molar-refractivity contribution in [1.82, 2.24) is 14.2 Å². The molecule has 33 heavy (non-hydrogen) atoms. The topological polar surface area (TPSA) is 153 Å². The van der Waals surface area contributed by atoms with Crippen LogP contribution in [0.1, 0.15) is 39.0 Å². The molecule has 1 heterocycles. The molecule has 0 aliphatic heterocycles. The van der Waals surface area contributed by atoms with Gasteiger partial charge in [-0.2, -0.15) is 17.2 Å². The lowest BCUT2D eigenvalue weighted by Crippen LogP contribution is -2.38. The fourth-order valence-corrected chi connectivity index (χ4v) is 6.61. The van der Waals surface area contributed by atoms with E-state index in [9.17, 15) is 21.6 Å². The van der Waals surface area contributed by atoms with Crippen LogP contribution >= 0.6 is 11.7 Å². The second-order valence-corrected chi connectivity index (χ2v) is 11.4. The first-order chi connectivity index (χ1) is 15.7. The molecule has 0 radical (unpaired) electrons. The summed E-state index contributed by atoms with van der Waals surface area (Å²) in [6.45, 7) is 2.01. The summed E-state index contributed by atoms with van der Waals surface area (Å²) in [4.78, 5) is 11.7. The first kappa shape index (κ1) is 25.0. The summed E-state index contributed by atoms with van der Waals surface area (Å²) in [5.74, 6) is -1.13. The number of carbonyl (C=O) groups is 1. The Balaban J connectivity index is 1.81. The second kappa shape index (κ2) is 10.5. The van der Waals surface area contributed by atoms with E-state index < -0.39 is 31.1 Å². The van der Waals surface area contributed by atoms with Crippen LogP contribution in [0.4, 0.5) is 0 Å². The van der Waals surface area contributed by atoms with Gasteiger partial charge in [0.15, 0.2) is 9.84 Å². The molecular formula is C20H23N3O7S3. The van der Waals surface area contributed by atoms with Crippen LogP contribution in [0.3, 0.4) is 0 Å². The lowest BCUT2D eigenvalue weighted by Gasteiger charge is -2.16.